The molecule has 2 heteroatoms. The molecule has 2 unspecified atom stereocenters. The van der Waals surface area contributed by atoms with Crippen molar-refractivity contribution in [3.63, 3.8) is 0 Å². The lowest BCUT2D eigenvalue weighted by Gasteiger charge is -2.11. The van der Waals surface area contributed by atoms with Crippen LogP contribution in [0.1, 0.15) is 33.1 Å². The van der Waals surface area contributed by atoms with E-state index in [-0.39, 0.29) is 0 Å². The summed E-state index contributed by atoms with van der Waals surface area (Å²) < 4.78 is 0.869. The van der Waals surface area contributed by atoms with Gasteiger partial charge in [0.2, 0.25) is 0 Å². The third kappa shape index (κ3) is 5.47. The molecule has 0 aromatic carbocycles. The summed E-state index contributed by atoms with van der Waals surface area (Å²) in [6.07, 6.45) is 3.95. The van der Waals surface area contributed by atoms with Crippen LogP contribution in [0.25, 0.3) is 0 Å². The Morgan fingerprint density at radius 2 is 2.00 bits per heavy atom. The molecule has 0 spiro atoms. The molecular weight excluding hydrogens is 237 g/mol. The van der Waals surface area contributed by atoms with Crippen LogP contribution in [-0.4, -0.2) is 17.0 Å². The molecular formula is C8H18IN. The van der Waals surface area contributed by atoms with Gasteiger partial charge in [-0.15, -0.1) is 0 Å². The Balaban J connectivity index is 3.17. The Kier molecular flexibility index (Phi) is 6.85. The van der Waals surface area contributed by atoms with Gasteiger partial charge in [-0.2, -0.15) is 0 Å². The zero-order valence-electron chi connectivity index (χ0n) is 7.15. The molecule has 0 fully saturated rings. The fourth-order valence-corrected chi connectivity index (χ4v) is 1.14. The zero-order chi connectivity index (χ0) is 7.98. The summed E-state index contributed by atoms with van der Waals surface area (Å²) in [6.45, 7) is 4.49. The van der Waals surface area contributed by atoms with E-state index in [4.69, 9.17) is 0 Å². The van der Waals surface area contributed by atoms with Crippen LogP contribution in [0.15, 0.2) is 0 Å². The third-order valence-electron chi connectivity index (χ3n) is 1.85. The molecule has 0 radical (unpaired) electrons. The molecule has 0 saturated heterocycles. The lowest BCUT2D eigenvalue weighted by atomic mass is 10.1. The second kappa shape index (κ2) is 6.40. The van der Waals surface area contributed by atoms with Gasteiger partial charge < -0.3 is 5.32 Å². The van der Waals surface area contributed by atoms with E-state index in [2.05, 4.69) is 41.8 Å². The van der Waals surface area contributed by atoms with Crippen molar-refractivity contribution in [1.82, 2.24) is 5.32 Å². The van der Waals surface area contributed by atoms with E-state index in [1.54, 1.807) is 0 Å². The van der Waals surface area contributed by atoms with E-state index < -0.39 is 0 Å². The van der Waals surface area contributed by atoms with E-state index in [0.29, 0.717) is 6.04 Å². The maximum Gasteiger partial charge on any atom is 0.0108 e. The fourth-order valence-electron chi connectivity index (χ4n) is 0.779. The molecule has 0 aliphatic heterocycles. The largest absolute Gasteiger partial charge is 0.317 e. The summed E-state index contributed by atoms with van der Waals surface area (Å²) in [4.78, 5) is 0. The number of rotatable bonds is 5. The molecule has 1 nitrogen and oxygen atoms in total. The van der Waals surface area contributed by atoms with Gasteiger partial charge >= 0.3 is 0 Å². The van der Waals surface area contributed by atoms with Crippen LogP contribution in [0.4, 0.5) is 0 Å². The van der Waals surface area contributed by atoms with Crippen LogP contribution in [0.3, 0.4) is 0 Å². The van der Waals surface area contributed by atoms with Crippen molar-refractivity contribution in [2.45, 2.75) is 43.1 Å². The predicted molar refractivity (Wildman–Crippen MR) is 55.9 cm³/mol. The van der Waals surface area contributed by atoms with Crippen molar-refractivity contribution in [2.24, 2.45) is 0 Å². The molecule has 62 valence electrons. The van der Waals surface area contributed by atoms with Crippen LogP contribution < -0.4 is 5.32 Å². The van der Waals surface area contributed by atoms with Crippen molar-refractivity contribution < 1.29 is 0 Å². The molecule has 0 heterocycles. The maximum atomic E-state index is 3.24. The van der Waals surface area contributed by atoms with Crippen molar-refractivity contribution in [1.29, 1.82) is 0 Å². The van der Waals surface area contributed by atoms with Crippen LogP contribution >= 0.6 is 22.6 Å². The van der Waals surface area contributed by atoms with Crippen molar-refractivity contribution in [3.05, 3.63) is 0 Å². The molecule has 0 aliphatic rings. The first-order valence-corrected chi connectivity index (χ1v) is 5.26. The SMILES string of the molecule is CCC(I)CCC(C)NC. The van der Waals surface area contributed by atoms with Gasteiger partial charge in [-0.25, -0.2) is 0 Å². The number of hydrogen-bond acceptors (Lipinski definition) is 1. The topological polar surface area (TPSA) is 12.0 Å². The first-order valence-electron chi connectivity index (χ1n) is 4.02. The normalized spacial score (nSPS) is 16.8. The lowest BCUT2D eigenvalue weighted by molar-refractivity contribution is 0.536. The van der Waals surface area contributed by atoms with Crippen LogP contribution in [-0.2, 0) is 0 Å². The standard InChI is InChI=1S/C8H18IN/c1-4-8(9)6-5-7(2)10-3/h7-8,10H,4-6H2,1-3H3. The number of alkyl halides is 1. The molecule has 0 aromatic rings. The van der Waals surface area contributed by atoms with Crippen molar-refractivity contribution in [3.8, 4) is 0 Å². The Morgan fingerprint density at radius 1 is 1.40 bits per heavy atom. The maximum absolute atomic E-state index is 3.24. The second-order valence-corrected chi connectivity index (χ2v) is 4.53. The average Bonchev–Trinajstić information content (AvgIpc) is 1.99. The van der Waals surface area contributed by atoms with E-state index in [0.717, 1.165) is 3.92 Å². The van der Waals surface area contributed by atoms with Crippen molar-refractivity contribution >= 4 is 22.6 Å². The highest BCUT2D eigenvalue weighted by molar-refractivity contribution is 14.1. The molecule has 1 N–H and O–H groups in total. The highest BCUT2D eigenvalue weighted by Crippen LogP contribution is 2.13. The van der Waals surface area contributed by atoms with Gasteiger partial charge in [-0.1, -0.05) is 29.5 Å². The van der Waals surface area contributed by atoms with Crippen LogP contribution in [0.5, 0.6) is 0 Å². The summed E-state index contributed by atoms with van der Waals surface area (Å²) in [5.41, 5.74) is 0. The van der Waals surface area contributed by atoms with E-state index >= 15 is 0 Å². The van der Waals surface area contributed by atoms with Crippen LogP contribution in [0, 0.1) is 0 Å². The molecule has 0 aliphatic carbocycles. The van der Waals surface area contributed by atoms with E-state index in [9.17, 15) is 0 Å². The first-order chi connectivity index (χ1) is 4.70. The van der Waals surface area contributed by atoms with Gasteiger partial charge in [0.05, 0.1) is 0 Å². The minimum Gasteiger partial charge on any atom is -0.317 e. The third-order valence-corrected chi connectivity index (χ3v) is 3.35. The monoisotopic (exact) mass is 255 g/mol. The Bertz CT molecular complexity index is 65.7. The second-order valence-electron chi connectivity index (χ2n) is 2.77. The average molecular weight is 255 g/mol. The van der Waals surface area contributed by atoms with Gasteiger partial charge in [0.25, 0.3) is 0 Å². The molecule has 0 aromatic heterocycles. The summed E-state index contributed by atoms with van der Waals surface area (Å²) in [7, 11) is 2.03. The predicted octanol–water partition coefficient (Wildman–Crippen LogP) is 2.59. The summed E-state index contributed by atoms with van der Waals surface area (Å²) >= 11 is 2.53. The lowest BCUT2D eigenvalue weighted by Crippen LogP contribution is -2.21. The highest BCUT2D eigenvalue weighted by Gasteiger charge is 2.03. The summed E-state index contributed by atoms with van der Waals surface area (Å²) in [5.74, 6) is 0. The first kappa shape index (κ1) is 10.7. The molecule has 10 heavy (non-hydrogen) atoms. The molecule has 0 saturated carbocycles. The smallest absolute Gasteiger partial charge is 0.0108 e. The highest BCUT2D eigenvalue weighted by atomic mass is 127. The number of halogens is 1. The zero-order valence-corrected chi connectivity index (χ0v) is 9.31. The molecule has 0 amide bonds. The van der Waals surface area contributed by atoms with Gasteiger partial charge in [-0.3, -0.25) is 0 Å². The van der Waals surface area contributed by atoms with Crippen LogP contribution in [0.2, 0.25) is 0 Å². The Labute approximate surface area is 78.1 Å². The van der Waals surface area contributed by atoms with E-state index in [1.165, 1.54) is 19.3 Å². The summed E-state index contributed by atoms with van der Waals surface area (Å²) in [5, 5.41) is 3.24. The minimum atomic E-state index is 0.684. The molecule has 0 bridgehead atoms. The minimum absolute atomic E-state index is 0.684. The van der Waals surface area contributed by atoms with Gasteiger partial charge in [0, 0.05) is 9.97 Å². The van der Waals surface area contributed by atoms with Gasteiger partial charge in [0.1, 0.15) is 0 Å². The number of hydrogen-bond donors (Lipinski definition) is 1. The summed E-state index contributed by atoms with van der Waals surface area (Å²) in [6, 6.07) is 0.684. The Hall–Kier alpha value is 0.690. The molecule has 0 rings (SSSR count). The van der Waals surface area contributed by atoms with Gasteiger partial charge in [0.15, 0.2) is 0 Å². The Morgan fingerprint density at radius 3 is 2.40 bits per heavy atom. The van der Waals surface area contributed by atoms with Gasteiger partial charge in [-0.05, 0) is 33.2 Å². The van der Waals surface area contributed by atoms with Crippen molar-refractivity contribution in [2.75, 3.05) is 7.05 Å². The molecule has 2 atom stereocenters. The quantitative estimate of drug-likeness (QED) is 0.588. The van der Waals surface area contributed by atoms with E-state index in [1.807, 2.05) is 7.05 Å². The fraction of sp³-hybridized carbons (Fsp3) is 1.00. The number of nitrogens with one attached hydrogen (secondary N) is 1.